The first-order valence-electron chi connectivity index (χ1n) is 11.4. The summed E-state index contributed by atoms with van der Waals surface area (Å²) in [5.41, 5.74) is 4.42. The second-order valence-electron chi connectivity index (χ2n) is 8.94. The number of carbonyl (C=O) groups excluding carboxylic acids is 2. The third-order valence-electron chi connectivity index (χ3n) is 6.74. The van der Waals surface area contributed by atoms with Gasteiger partial charge in [0.05, 0.1) is 10.9 Å². The van der Waals surface area contributed by atoms with Gasteiger partial charge in [0, 0.05) is 18.4 Å². The van der Waals surface area contributed by atoms with Crippen molar-refractivity contribution in [2.75, 3.05) is 6.26 Å². The Hall–Kier alpha value is -3.45. The van der Waals surface area contributed by atoms with Crippen molar-refractivity contribution in [2.24, 2.45) is 0 Å². The first kappa shape index (κ1) is 22.3. The Morgan fingerprint density at radius 3 is 2.38 bits per heavy atom. The monoisotopic (exact) mass is 474 g/mol. The maximum Gasteiger partial charge on any atom is 0.255 e. The van der Waals surface area contributed by atoms with Gasteiger partial charge in [0.2, 0.25) is 5.91 Å². The van der Waals surface area contributed by atoms with E-state index in [0.29, 0.717) is 5.56 Å². The predicted molar refractivity (Wildman–Crippen MR) is 129 cm³/mol. The highest BCUT2D eigenvalue weighted by atomic mass is 32.2. The van der Waals surface area contributed by atoms with Gasteiger partial charge < -0.3 is 10.2 Å². The summed E-state index contributed by atoms with van der Waals surface area (Å²) < 4.78 is 23.4. The molecule has 0 spiro atoms. The van der Waals surface area contributed by atoms with Crippen LogP contribution in [0.25, 0.3) is 0 Å². The van der Waals surface area contributed by atoms with E-state index in [4.69, 9.17) is 0 Å². The molecule has 2 unspecified atom stereocenters. The number of rotatable bonds is 5. The molecule has 1 aliphatic heterocycles. The average molecular weight is 475 g/mol. The molecule has 0 saturated heterocycles. The third kappa shape index (κ3) is 4.01. The molecule has 2 aliphatic rings. The fourth-order valence-corrected chi connectivity index (χ4v) is 5.71. The van der Waals surface area contributed by atoms with Crippen LogP contribution >= 0.6 is 0 Å². The highest BCUT2D eigenvalue weighted by Crippen LogP contribution is 2.44. The van der Waals surface area contributed by atoms with Crippen molar-refractivity contribution in [3.8, 4) is 0 Å². The number of fused-ring (bicyclic) bond motifs is 2. The quantitative estimate of drug-likeness (QED) is 0.606. The van der Waals surface area contributed by atoms with Crippen LogP contribution in [0.5, 0.6) is 0 Å². The maximum atomic E-state index is 13.5. The Morgan fingerprint density at radius 1 is 0.971 bits per heavy atom. The van der Waals surface area contributed by atoms with E-state index < -0.39 is 15.9 Å². The number of nitrogens with one attached hydrogen (secondary N) is 1. The normalized spacial score (nSPS) is 19.4. The van der Waals surface area contributed by atoms with Crippen LogP contribution in [0.2, 0.25) is 0 Å². The maximum absolute atomic E-state index is 13.5. The van der Waals surface area contributed by atoms with Gasteiger partial charge in [-0.1, -0.05) is 54.6 Å². The Labute approximate surface area is 199 Å². The lowest BCUT2D eigenvalue weighted by Crippen LogP contribution is -2.41. The molecule has 7 heteroatoms. The van der Waals surface area contributed by atoms with E-state index in [1.165, 1.54) is 17.7 Å². The molecule has 0 saturated carbocycles. The van der Waals surface area contributed by atoms with E-state index in [2.05, 4.69) is 17.4 Å². The molecule has 5 rings (SSSR count). The van der Waals surface area contributed by atoms with Gasteiger partial charge in [0.25, 0.3) is 5.91 Å². The van der Waals surface area contributed by atoms with Crippen LogP contribution in [0.3, 0.4) is 0 Å². The summed E-state index contributed by atoms with van der Waals surface area (Å²) in [6.07, 6.45) is 3.91. The molecule has 0 bridgehead atoms. The molecule has 3 aromatic rings. The fraction of sp³-hybridized carbons (Fsp3) is 0.259. The van der Waals surface area contributed by atoms with Crippen molar-refractivity contribution in [1.82, 2.24) is 10.2 Å². The molecule has 1 heterocycles. The molecule has 0 fully saturated rings. The van der Waals surface area contributed by atoms with Crippen LogP contribution in [0, 0.1) is 0 Å². The molecule has 6 nitrogen and oxygen atoms in total. The van der Waals surface area contributed by atoms with E-state index in [0.717, 1.165) is 42.2 Å². The van der Waals surface area contributed by atoms with E-state index in [-0.39, 0.29) is 29.3 Å². The van der Waals surface area contributed by atoms with E-state index >= 15 is 0 Å². The standard InChI is InChI=1S/C27H26N2O4S/c1-34(32,33)20-15-13-18(14-16-20)17-28-26(30)25-22-10-4-5-11-23(22)27(31)29(25)24-12-6-8-19-7-2-3-9-21(19)24/h2-5,7,9-11,13-16,24-25H,6,8,12,17H2,1H3,(H,28,30). The number of benzene rings is 3. The zero-order chi connectivity index (χ0) is 23.9. The fourth-order valence-electron chi connectivity index (χ4n) is 5.08. The minimum Gasteiger partial charge on any atom is -0.350 e. The first-order chi connectivity index (χ1) is 16.3. The van der Waals surface area contributed by atoms with Crippen molar-refractivity contribution in [3.63, 3.8) is 0 Å². The largest absolute Gasteiger partial charge is 0.350 e. The molecule has 174 valence electrons. The Morgan fingerprint density at radius 2 is 1.65 bits per heavy atom. The molecule has 3 aromatic carbocycles. The van der Waals surface area contributed by atoms with E-state index in [1.807, 2.05) is 30.3 Å². The Bertz CT molecular complexity index is 1370. The second kappa shape index (κ2) is 8.72. The highest BCUT2D eigenvalue weighted by molar-refractivity contribution is 7.90. The van der Waals surface area contributed by atoms with Crippen LogP contribution in [-0.2, 0) is 27.6 Å². The molecule has 1 N–H and O–H groups in total. The van der Waals surface area contributed by atoms with Crippen molar-refractivity contribution in [2.45, 2.75) is 42.8 Å². The zero-order valence-corrected chi connectivity index (χ0v) is 19.7. The lowest BCUT2D eigenvalue weighted by Gasteiger charge is -2.36. The van der Waals surface area contributed by atoms with Crippen LogP contribution in [0.15, 0.2) is 77.7 Å². The highest BCUT2D eigenvalue weighted by Gasteiger charge is 2.45. The predicted octanol–water partition coefficient (Wildman–Crippen LogP) is 3.98. The topological polar surface area (TPSA) is 83.5 Å². The van der Waals surface area contributed by atoms with Crippen LogP contribution < -0.4 is 5.32 Å². The summed E-state index contributed by atoms with van der Waals surface area (Å²) in [4.78, 5) is 29.0. The van der Waals surface area contributed by atoms with Gasteiger partial charge in [-0.05, 0) is 59.7 Å². The summed E-state index contributed by atoms with van der Waals surface area (Å²) in [5, 5.41) is 2.97. The molecule has 0 aromatic heterocycles. The Balaban J connectivity index is 1.43. The number of sulfone groups is 1. The summed E-state index contributed by atoms with van der Waals surface area (Å²) in [7, 11) is -3.28. The van der Waals surface area contributed by atoms with Gasteiger partial charge in [-0.15, -0.1) is 0 Å². The van der Waals surface area contributed by atoms with Gasteiger partial charge in [0.15, 0.2) is 9.84 Å². The van der Waals surface area contributed by atoms with Crippen LogP contribution in [0.1, 0.15) is 57.5 Å². The van der Waals surface area contributed by atoms with Crippen LogP contribution in [-0.4, -0.2) is 31.4 Å². The molecule has 2 amide bonds. The second-order valence-corrected chi connectivity index (χ2v) is 11.0. The van der Waals surface area contributed by atoms with E-state index in [9.17, 15) is 18.0 Å². The van der Waals surface area contributed by atoms with Crippen LogP contribution in [0.4, 0.5) is 0 Å². The molecule has 1 aliphatic carbocycles. The van der Waals surface area contributed by atoms with Crippen molar-refractivity contribution < 1.29 is 18.0 Å². The summed E-state index contributed by atoms with van der Waals surface area (Å²) in [5.74, 6) is -0.358. The van der Waals surface area contributed by atoms with Gasteiger partial charge in [-0.2, -0.15) is 0 Å². The van der Waals surface area contributed by atoms with Crippen molar-refractivity contribution >= 4 is 21.7 Å². The molecule has 34 heavy (non-hydrogen) atoms. The van der Waals surface area contributed by atoms with Gasteiger partial charge in [-0.3, -0.25) is 9.59 Å². The molecular formula is C27H26N2O4S. The summed E-state index contributed by atoms with van der Waals surface area (Å²) in [6.45, 7) is 0.241. The number of amides is 2. The van der Waals surface area contributed by atoms with Gasteiger partial charge in [-0.25, -0.2) is 8.42 Å². The summed E-state index contributed by atoms with van der Waals surface area (Å²) in [6, 6.07) is 21.1. The average Bonchev–Trinajstić information content (AvgIpc) is 3.14. The van der Waals surface area contributed by atoms with Crippen molar-refractivity contribution in [1.29, 1.82) is 0 Å². The number of carbonyl (C=O) groups is 2. The Kier molecular flexibility index (Phi) is 5.73. The summed E-state index contributed by atoms with van der Waals surface area (Å²) >= 11 is 0. The van der Waals surface area contributed by atoms with Gasteiger partial charge in [0.1, 0.15) is 6.04 Å². The lowest BCUT2D eigenvalue weighted by molar-refractivity contribution is -0.126. The zero-order valence-electron chi connectivity index (χ0n) is 18.9. The third-order valence-corrected chi connectivity index (χ3v) is 7.87. The number of hydrogen-bond donors (Lipinski definition) is 1. The lowest BCUT2D eigenvalue weighted by atomic mass is 9.86. The van der Waals surface area contributed by atoms with Crippen molar-refractivity contribution in [3.05, 3.63) is 101 Å². The SMILES string of the molecule is CS(=O)(=O)c1ccc(CNC(=O)C2c3ccccc3C(=O)N2C2CCCc3ccccc32)cc1. The molecular weight excluding hydrogens is 448 g/mol. The molecule has 2 atom stereocenters. The smallest absolute Gasteiger partial charge is 0.255 e. The minimum atomic E-state index is -3.28. The number of aryl methyl sites for hydroxylation is 1. The number of nitrogens with zero attached hydrogens (tertiary/aromatic N) is 1. The number of hydrogen-bond acceptors (Lipinski definition) is 4. The molecule has 0 radical (unpaired) electrons. The van der Waals surface area contributed by atoms with E-state index in [1.54, 1.807) is 23.1 Å². The minimum absolute atomic E-state index is 0.116. The first-order valence-corrected chi connectivity index (χ1v) is 13.3. The van der Waals surface area contributed by atoms with Gasteiger partial charge >= 0.3 is 0 Å².